The summed E-state index contributed by atoms with van der Waals surface area (Å²) in [6, 6.07) is 13.9. The van der Waals surface area contributed by atoms with E-state index in [1.165, 1.54) is 13.8 Å². The smallest absolute Gasteiger partial charge is 0.233 e. The number of hydrogen-bond donors (Lipinski definition) is 2. The molecule has 2 aromatic carbocycles. The normalized spacial score (nSPS) is 10.3. The molecule has 27 heavy (non-hydrogen) atoms. The molecule has 136 valence electrons. The number of carbonyl (C=O) groups is 2. The number of benzene rings is 2. The fraction of sp³-hybridized carbons (Fsp3) is 0.105. The van der Waals surface area contributed by atoms with Gasteiger partial charge in [0.2, 0.25) is 17.2 Å². The predicted octanol–water partition coefficient (Wildman–Crippen LogP) is 4.42. The number of Topliss-reactive ketones (excluding diaryl/α,β-unsaturated/α-hetero) is 2. The van der Waals surface area contributed by atoms with Gasteiger partial charge in [-0.25, -0.2) is 0 Å². The molecule has 7 nitrogen and oxygen atoms in total. The van der Waals surface area contributed by atoms with Crippen molar-refractivity contribution in [2.24, 2.45) is 0 Å². The van der Waals surface area contributed by atoms with Gasteiger partial charge >= 0.3 is 0 Å². The van der Waals surface area contributed by atoms with Gasteiger partial charge in [-0.3, -0.25) is 9.59 Å². The van der Waals surface area contributed by atoms with Gasteiger partial charge in [0, 0.05) is 22.5 Å². The van der Waals surface area contributed by atoms with E-state index in [1.807, 2.05) is 0 Å². The Labute approximate surface area is 160 Å². The zero-order valence-corrected chi connectivity index (χ0v) is 15.4. The Hall–Kier alpha value is -3.32. The Bertz CT molecular complexity index is 910. The third kappa shape index (κ3) is 4.86. The molecule has 0 aliphatic heterocycles. The van der Waals surface area contributed by atoms with Crippen LogP contribution < -0.4 is 10.6 Å². The van der Waals surface area contributed by atoms with Gasteiger partial charge in [-0.2, -0.15) is 15.0 Å². The molecule has 0 amide bonds. The molecular weight excluding hydrogens is 366 g/mol. The Morgan fingerprint density at radius 3 is 1.41 bits per heavy atom. The lowest BCUT2D eigenvalue weighted by atomic mass is 10.1. The van der Waals surface area contributed by atoms with Gasteiger partial charge in [0.25, 0.3) is 0 Å². The molecule has 0 saturated heterocycles. The van der Waals surface area contributed by atoms with Crippen LogP contribution in [-0.2, 0) is 0 Å². The Morgan fingerprint density at radius 2 is 1.07 bits per heavy atom. The fourth-order valence-corrected chi connectivity index (χ4v) is 2.46. The number of hydrogen-bond acceptors (Lipinski definition) is 7. The number of anilines is 4. The van der Waals surface area contributed by atoms with Gasteiger partial charge in [0.05, 0.1) is 0 Å². The van der Waals surface area contributed by atoms with Crippen molar-refractivity contribution in [3.63, 3.8) is 0 Å². The van der Waals surface area contributed by atoms with Gasteiger partial charge in [-0.05, 0) is 74.0 Å². The maximum Gasteiger partial charge on any atom is 0.233 e. The number of nitrogens with zero attached hydrogens (tertiary/aromatic N) is 3. The first-order valence-corrected chi connectivity index (χ1v) is 8.46. The molecule has 0 aliphatic rings. The van der Waals surface area contributed by atoms with Crippen LogP contribution in [0.1, 0.15) is 34.6 Å². The molecule has 3 rings (SSSR count). The number of halogens is 1. The van der Waals surface area contributed by atoms with Crippen LogP contribution in [0.3, 0.4) is 0 Å². The Morgan fingerprint density at radius 1 is 0.704 bits per heavy atom. The molecule has 0 aliphatic carbocycles. The summed E-state index contributed by atoms with van der Waals surface area (Å²) in [4.78, 5) is 35.0. The summed E-state index contributed by atoms with van der Waals surface area (Å²) in [6.45, 7) is 3.02. The third-order valence-corrected chi connectivity index (χ3v) is 3.87. The summed E-state index contributed by atoms with van der Waals surface area (Å²) < 4.78 is 0. The highest BCUT2D eigenvalue weighted by atomic mass is 35.5. The molecule has 0 spiro atoms. The Balaban J connectivity index is 1.77. The van der Waals surface area contributed by atoms with E-state index in [-0.39, 0.29) is 28.7 Å². The monoisotopic (exact) mass is 381 g/mol. The maximum atomic E-state index is 11.3. The molecule has 1 heterocycles. The van der Waals surface area contributed by atoms with Crippen molar-refractivity contribution in [3.05, 3.63) is 64.9 Å². The van der Waals surface area contributed by atoms with Crippen molar-refractivity contribution in [1.29, 1.82) is 0 Å². The molecule has 0 fully saturated rings. The van der Waals surface area contributed by atoms with Crippen molar-refractivity contribution in [2.75, 3.05) is 10.6 Å². The fourth-order valence-electron chi connectivity index (χ4n) is 2.30. The van der Waals surface area contributed by atoms with E-state index < -0.39 is 0 Å². The molecule has 8 heteroatoms. The quantitative estimate of drug-likeness (QED) is 0.610. The van der Waals surface area contributed by atoms with E-state index >= 15 is 0 Å². The zero-order chi connectivity index (χ0) is 19.4. The first-order chi connectivity index (χ1) is 12.9. The van der Waals surface area contributed by atoms with Gasteiger partial charge in [-0.15, -0.1) is 0 Å². The lowest BCUT2D eigenvalue weighted by Crippen LogP contribution is -2.04. The van der Waals surface area contributed by atoms with E-state index in [9.17, 15) is 9.59 Å². The van der Waals surface area contributed by atoms with Crippen LogP contribution in [0.15, 0.2) is 48.5 Å². The first kappa shape index (κ1) is 18.5. The molecule has 0 unspecified atom stereocenters. The number of ketones is 2. The first-order valence-electron chi connectivity index (χ1n) is 8.08. The van der Waals surface area contributed by atoms with Crippen molar-refractivity contribution in [1.82, 2.24) is 15.0 Å². The SMILES string of the molecule is CC(=O)c1ccc(Nc2nc(Cl)nc(Nc3ccc(C(C)=O)cc3)n2)cc1. The largest absolute Gasteiger partial charge is 0.324 e. The van der Waals surface area contributed by atoms with Crippen LogP contribution in [0, 0.1) is 0 Å². The van der Waals surface area contributed by atoms with E-state index in [0.717, 1.165) is 0 Å². The lowest BCUT2D eigenvalue weighted by Gasteiger charge is -2.09. The lowest BCUT2D eigenvalue weighted by molar-refractivity contribution is 0.100. The van der Waals surface area contributed by atoms with Gasteiger partial charge in [-0.1, -0.05) is 0 Å². The predicted molar refractivity (Wildman–Crippen MR) is 104 cm³/mol. The third-order valence-electron chi connectivity index (χ3n) is 3.70. The molecule has 0 saturated carbocycles. The summed E-state index contributed by atoms with van der Waals surface area (Å²) in [6.07, 6.45) is 0. The van der Waals surface area contributed by atoms with Gasteiger partial charge < -0.3 is 10.6 Å². The highest BCUT2D eigenvalue weighted by molar-refractivity contribution is 6.28. The van der Waals surface area contributed by atoms with Crippen LogP contribution >= 0.6 is 11.6 Å². The molecule has 3 aromatic rings. The topological polar surface area (TPSA) is 96.9 Å². The van der Waals surface area contributed by atoms with Crippen molar-refractivity contribution < 1.29 is 9.59 Å². The van der Waals surface area contributed by atoms with Crippen molar-refractivity contribution in [2.45, 2.75) is 13.8 Å². The van der Waals surface area contributed by atoms with E-state index in [0.29, 0.717) is 22.5 Å². The van der Waals surface area contributed by atoms with E-state index in [1.54, 1.807) is 48.5 Å². The van der Waals surface area contributed by atoms with E-state index in [4.69, 9.17) is 11.6 Å². The average Bonchev–Trinajstić information content (AvgIpc) is 2.62. The minimum atomic E-state index is -0.00738. The summed E-state index contributed by atoms with van der Waals surface area (Å²) in [5.74, 6) is 0.501. The molecule has 1 aromatic heterocycles. The van der Waals surface area contributed by atoms with Crippen molar-refractivity contribution in [3.8, 4) is 0 Å². The number of carbonyl (C=O) groups excluding carboxylic acids is 2. The average molecular weight is 382 g/mol. The number of rotatable bonds is 6. The molecule has 0 bridgehead atoms. The molecule has 0 atom stereocenters. The van der Waals surface area contributed by atoms with Gasteiger partial charge in [0.1, 0.15) is 0 Å². The summed E-state index contributed by atoms with van der Waals surface area (Å²) in [5, 5.41) is 6.06. The second-order valence-electron chi connectivity index (χ2n) is 5.77. The van der Waals surface area contributed by atoms with E-state index in [2.05, 4.69) is 25.6 Å². The number of nitrogens with one attached hydrogen (secondary N) is 2. The van der Waals surface area contributed by atoms with Crippen LogP contribution in [0.25, 0.3) is 0 Å². The maximum absolute atomic E-state index is 11.3. The molecule has 2 N–H and O–H groups in total. The number of aromatic nitrogens is 3. The zero-order valence-electron chi connectivity index (χ0n) is 14.7. The standard InChI is InChI=1S/C19H16ClN5O2/c1-11(26)13-3-7-15(8-4-13)21-18-23-17(20)24-19(25-18)22-16-9-5-14(6-10-16)12(2)27/h3-10H,1-2H3,(H2,21,22,23,24,25). The second kappa shape index (κ2) is 7.92. The van der Waals surface area contributed by atoms with Gasteiger partial charge in [0.15, 0.2) is 11.6 Å². The summed E-state index contributed by atoms with van der Waals surface area (Å²) >= 11 is 5.98. The summed E-state index contributed by atoms with van der Waals surface area (Å²) in [5.41, 5.74) is 2.65. The van der Waals surface area contributed by atoms with Crippen LogP contribution in [-0.4, -0.2) is 26.5 Å². The Kier molecular flexibility index (Phi) is 5.42. The minimum absolute atomic E-state index is 0.00738. The molecule has 0 radical (unpaired) electrons. The van der Waals surface area contributed by atoms with Crippen LogP contribution in [0.4, 0.5) is 23.3 Å². The highest BCUT2D eigenvalue weighted by Gasteiger charge is 2.07. The second-order valence-corrected chi connectivity index (χ2v) is 6.11. The minimum Gasteiger partial charge on any atom is -0.324 e. The van der Waals surface area contributed by atoms with Crippen LogP contribution in [0.5, 0.6) is 0 Å². The highest BCUT2D eigenvalue weighted by Crippen LogP contribution is 2.19. The van der Waals surface area contributed by atoms with Crippen molar-refractivity contribution >= 4 is 46.4 Å². The molecular formula is C19H16ClN5O2. The summed E-state index contributed by atoms with van der Waals surface area (Å²) in [7, 11) is 0. The van der Waals surface area contributed by atoms with Crippen LogP contribution in [0.2, 0.25) is 5.28 Å².